The van der Waals surface area contributed by atoms with Gasteiger partial charge in [0.05, 0.1) is 12.7 Å². The third kappa shape index (κ3) is 5.53. The van der Waals surface area contributed by atoms with Crippen LogP contribution in [0.2, 0.25) is 0 Å². The first-order valence-electron chi connectivity index (χ1n) is 8.07. The lowest BCUT2D eigenvalue weighted by atomic mass is 10.1. The van der Waals surface area contributed by atoms with Crippen molar-refractivity contribution >= 4 is 17.6 Å². The van der Waals surface area contributed by atoms with E-state index >= 15 is 0 Å². The Labute approximate surface area is 147 Å². The van der Waals surface area contributed by atoms with E-state index in [-0.39, 0.29) is 18.0 Å². The SMILES string of the molecule is COc1ccccc1C(=O)NCc1ccc(NC(=O)NC(C)C)cc1. The van der Waals surface area contributed by atoms with Crippen LogP contribution in [-0.2, 0) is 6.54 Å². The van der Waals surface area contributed by atoms with Crippen LogP contribution in [0.15, 0.2) is 48.5 Å². The fraction of sp³-hybridized carbons (Fsp3) is 0.263. The van der Waals surface area contributed by atoms with Gasteiger partial charge in [-0.05, 0) is 43.7 Å². The Kier molecular flexibility index (Phi) is 6.39. The summed E-state index contributed by atoms with van der Waals surface area (Å²) in [4.78, 5) is 23.9. The normalized spacial score (nSPS) is 10.2. The van der Waals surface area contributed by atoms with Crippen LogP contribution in [0.25, 0.3) is 0 Å². The van der Waals surface area contributed by atoms with E-state index in [0.29, 0.717) is 23.5 Å². The number of hydrogen-bond acceptors (Lipinski definition) is 3. The lowest BCUT2D eigenvalue weighted by Gasteiger charge is -2.11. The van der Waals surface area contributed by atoms with Crippen LogP contribution in [0.1, 0.15) is 29.8 Å². The monoisotopic (exact) mass is 341 g/mol. The molecule has 0 aliphatic heterocycles. The molecule has 0 spiro atoms. The van der Waals surface area contributed by atoms with Gasteiger partial charge in [-0.2, -0.15) is 0 Å². The number of carbonyl (C=O) groups is 2. The molecule has 0 saturated carbocycles. The summed E-state index contributed by atoms with van der Waals surface area (Å²) in [5.41, 5.74) is 2.12. The first-order valence-corrected chi connectivity index (χ1v) is 8.07. The van der Waals surface area contributed by atoms with Crippen molar-refractivity contribution in [1.82, 2.24) is 10.6 Å². The molecule has 2 aromatic carbocycles. The average molecular weight is 341 g/mol. The number of amides is 3. The predicted molar refractivity (Wildman–Crippen MR) is 97.9 cm³/mol. The molecule has 0 radical (unpaired) electrons. The molecule has 2 aromatic rings. The summed E-state index contributed by atoms with van der Waals surface area (Å²) < 4.78 is 5.19. The quantitative estimate of drug-likeness (QED) is 0.755. The number of carbonyl (C=O) groups excluding carboxylic acids is 2. The van der Waals surface area contributed by atoms with Crippen molar-refractivity contribution in [1.29, 1.82) is 0 Å². The second-order valence-electron chi connectivity index (χ2n) is 5.83. The minimum Gasteiger partial charge on any atom is -0.496 e. The van der Waals surface area contributed by atoms with E-state index in [1.54, 1.807) is 30.3 Å². The molecule has 0 aromatic heterocycles. The predicted octanol–water partition coefficient (Wildman–Crippen LogP) is 3.16. The Balaban J connectivity index is 1.91. The summed E-state index contributed by atoms with van der Waals surface area (Å²) in [7, 11) is 1.53. The second kappa shape index (κ2) is 8.73. The number of anilines is 1. The third-order valence-electron chi connectivity index (χ3n) is 3.44. The van der Waals surface area contributed by atoms with Crippen molar-refractivity contribution in [2.75, 3.05) is 12.4 Å². The molecule has 25 heavy (non-hydrogen) atoms. The highest BCUT2D eigenvalue weighted by atomic mass is 16.5. The Morgan fingerprint density at radius 3 is 2.36 bits per heavy atom. The third-order valence-corrected chi connectivity index (χ3v) is 3.44. The van der Waals surface area contributed by atoms with Crippen LogP contribution in [0.3, 0.4) is 0 Å². The highest BCUT2D eigenvalue weighted by Crippen LogP contribution is 2.17. The lowest BCUT2D eigenvalue weighted by Crippen LogP contribution is -2.34. The molecule has 6 heteroatoms. The highest BCUT2D eigenvalue weighted by Gasteiger charge is 2.11. The molecule has 3 N–H and O–H groups in total. The van der Waals surface area contributed by atoms with Crippen molar-refractivity contribution < 1.29 is 14.3 Å². The van der Waals surface area contributed by atoms with Crippen molar-refractivity contribution in [3.05, 3.63) is 59.7 Å². The molecule has 6 nitrogen and oxygen atoms in total. The van der Waals surface area contributed by atoms with Crippen molar-refractivity contribution in [3.63, 3.8) is 0 Å². The molecule has 0 bridgehead atoms. The van der Waals surface area contributed by atoms with Crippen LogP contribution < -0.4 is 20.7 Å². The molecule has 132 valence electrons. The van der Waals surface area contributed by atoms with Crippen molar-refractivity contribution in [2.45, 2.75) is 26.4 Å². The van der Waals surface area contributed by atoms with Crippen LogP contribution in [0, 0.1) is 0 Å². The lowest BCUT2D eigenvalue weighted by molar-refractivity contribution is 0.0948. The standard InChI is InChI=1S/C19H23N3O3/c1-13(2)21-19(24)22-15-10-8-14(9-11-15)12-20-18(23)16-6-4-5-7-17(16)25-3/h4-11,13H,12H2,1-3H3,(H,20,23)(H2,21,22,24). The first kappa shape index (κ1) is 18.3. The van der Waals surface area contributed by atoms with E-state index in [1.165, 1.54) is 7.11 Å². The summed E-state index contributed by atoms with van der Waals surface area (Å²) in [6, 6.07) is 14.2. The van der Waals surface area contributed by atoms with Crippen LogP contribution in [-0.4, -0.2) is 25.1 Å². The number of methoxy groups -OCH3 is 1. The molecule has 0 aliphatic carbocycles. The van der Waals surface area contributed by atoms with Gasteiger partial charge in [-0.25, -0.2) is 4.79 Å². The molecular formula is C19H23N3O3. The maximum absolute atomic E-state index is 12.3. The highest BCUT2D eigenvalue weighted by molar-refractivity contribution is 5.96. The Morgan fingerprint density at radius 2 is 1.72 bits per heavy atom. The number of para-hydroxylation sites is 1. The van der Waals surface area contributed by atoms with E-state index in [0.717, 1.165) is 5.56 Å². The average Bonchev–Trinajstić information content (AvgIpc) is 2.60. The van der Waals surface area contributed by atoms with Gasteiger partial charge in [0.15, 0.2) is 0 Å². The molecular weight excluding hydrogens is 318 g/mol. The summed E-state index contributed by atoms with van der Waals surface area (Å²) >= 11 is 0. The van der Waals surface area contributed by atoms with Gasteiger partial charge in [0, 0.05) is 18.3 Å². The molecule has 0 saturated heterocycles. The maximum Gasteiger partial charge on any atom is 0.319 e. The topological polar surface area (TPSA) is 79.5 Å². The summed E-state index contributed by atoms with van der Waals surface area (Å²) in [5, 5.41) is 8.37. The molecule has 3 amide bonds. The fourth-order valence-electron chi connectivity index (χ4n) is 2.25. The minimum absolute atomic E-state index is 0.0736. The van der Waals surface area contributed by atoms with E-state index in [4.69, 9.17) is 4.74 Å². The van der Waals surface area contributed by atoms with Crippen LogP contribution in [0.5, 0.6) is 5.75 Å². The molecule has 0 atom stereocenters. The second-order valence-corrected chi connectivity index (χ2v) is 5.83. The van der Waals surface area contributed by atoms with E-state index in [2.05, 4.69) is 16.0 Å². The van der Waals surface area contributed by atoms with Gasteiger partial charge in [0.25, 0.3) is 5.91 Å². The Bertz CT molecular complexity index is 727. The number of ether oxygens (including phenoxy) is 1. The number of nitrogens with one attached hydrogen (secondary N) is 3. The first-order chi connectivity index (χ1) is 12.0. The van der Waals surface area contributed by atoms with Gasteiger partial charge in [-0.15, -0.1) is 0 Å². The number of urea groups is 1. The molecule has 0 aliphatic rings. The smallest absolute Gasteiger partial charge is 0.319 e. The van der Waals surface area contributed by atoms with Gasteiger partial charge in [0.1, 0.15) is 5.75 Å². The van der Waals surface area contributed by atoms with Crippen molar-refractivity contribution in [3.8, 4) is 5.75 Å². The number of hydrogen-bond donors (Lipinski definition) is 3. The number of rotatable bonds is 6. The zero-order chi connectivity index (χ0) is 18.2. The van der Waals surface area contributed by atoms with Crippen LogP contribution in [0.4, 0.5) is 10.5 Å². The summed E-state index contributed by atoms with van der Waals surface area (Å²) in [6.07, 6.45) is 0. The van der Waals surface area contributed by atoms with Gasteiger partial charge in [-0.1, -0.05) is 24.3 Å². The molecule has 2 rings (SSSR count). The van der Waals surface area contributed by atoms with E-state index < -0.39 is 0 Å². The minimum atomic E-state index is -0.243. The fourth-order valence-corrected chi connectivity index (χ4v) is 2.25. The van der Waals surface area contributed by atoms with Crippen LogP contribution >= 0.6 is 0 Å². The maximum atomic E-state index is 12.3. The van der Waals surface area contributed by atoms with Gasteiger partial charge in [0.2, 0.25) is 0 Å². The number of benzene rings is 2. The zero-order valence-electron chi connectivity index (χ0n) is 14.6. The van der Waals surface area contributed by atoms with Gasteiger partial charge in [-0.3, -0.25) is 4.79 Å². The van der Waals surface area contributed by atoms with Gasteiger partial charge >= 0.3 is 6.03 Å². The summed E-state index contributed by atoms with van der Waals surface area (Å²) in [5.74, 6) is 0.340. The van der Waals surface area contributed by atoms with Gasteiger partial charge < -0.3 is 20.7 Å². The van der Waals surface area contributed by atoms with E-state index in [1.807, 2.05) is 32.0 Å². The van der Waals surface area contributed by atoms with Crippen molar-refractivity contribution in [2.24, 2.45) is 0 Å². The summed E-state index contributed by atoms with van der Waals surface area (Å²) in [6.45, 7) is 4.18. The molecule has 0 fully saturated rings. The Hall–Kier alpha value is -3.02. The Morgan fingerprint density at radius 1 is 1.04 bits per heavy atom. The zero-order valence-corrected chi connectivity index (χ0v) is 14.6. The van der Waals surface area contributed by atoms with E-state index in [9.17, 15) is 9.59 Å². The largest absolute Gasteiger partial charge is 0.496 e. The molecule has 0 heterocycles. The molecule has 0 unspecified atom stereocenters.